The van der Waals surface area contributed by atoms with Crippen molar-refractivity contribution in [1.82, 2.24) is 0 Å². The lowest BCUT2D eigenvalue weighted by molar-refractivity contribution is -0.177. The highest BCUT2D eigenvalue weighted by atomic mass is 19.4. The van der Waals surface area contributed by atoms with Gasteiger partial charge in [0.1, 0.15) is 0 Å². The van der Waals surface area contributed by atoms with E-state index in [2.05, 4.69) is 0 Å². The number of rotatable bonds is 2. The predicted octanol–water partition coefficient (Wildman–Crippen LogP) is 3.33. The number of hydrogen-bond donors (Lipinski definition) is 0. The number of ketones is 1. The quantitative estimate of drug-likeness (QED) is 0.680. The van der Waals surface area contributed by atoms with E-state index < -0.39 is 17.9 Å². The van der Waals surface area contributed by atoms with Crippen LogP contribution in [-0.2, 0) is 4.79 Å². The molecule has 0 heterocycles. The van der Waals surface area contributed by atoms with Crippen LogP contribution in [0.1, 0.15) is 39.0 Å². The van der Waals surface area contributed by atoms with E-state index in [4.69, 9.17) is 0 Å². The van der Waals surface area contributed by atoms with Gasteiger partial charge in [0, 0.05) is 5.92 Å². The van der Waals surface area contributed by atoms with Crippen LogP contribution in [-0.4, -0.2) is 12.0 Å². The zero-order chi connectivity index (χ0) is 10.8. The molecule has 0 aliphatic heterocycles. The van der Waals surface area contributed by atoms with Crippen molar-refractivity contribution in [3.05, 3.63) is 0 Å². The van der Waals surface area contributed by atoms with Crippen molar-refractivity contribution >= 4 is 5.78 Å². The van der Waals surface area contributed by atoms with Crippen LogP contribution in [0.4, 0.5) is 13.2 Å². The van der Waals surface area contributed by atoms with Crippen LogP contribution in [0.5, 0.6) is 0 Å². The largest absolute Gasteiger partial charge is 0.450 e. The molecule has 0 saturated heterocycles. The van der Waals surface area contributed by atoms with Gasteiger partial charge in [0.15, 0.2) is 0 Å². The summed E-state index contributed by atoms with van der Waals surface area (Å²) in [6, 6.07) is 0. The minimum atomic E-state index is -4.64. The van der Waals surface area contributed by atoms with Crippen LogP contribution in [0.2, 0.25) is 0 Å². The minimum Gasteiger partial charge on any atom is -0.289 e. The van der Waals surface area contributed by atoms with Gasteiger partial charge < -0.3 is 0 Å². The lowest BCUT2D eigenvalue weighted by Crippen LogP contribution is -2.33. The molecule has 82 valence electrons. The summed E-state index contributed by atoms with van der Waals surface area (Å²) in [5.41, 5.74) is 0. The van der Waals surface area contributed by atoms with E-state index in [1.165, 1.54) is 0 Å². The number of hydrogen-bond acceptors (Lipinski definition) is 1. The van der Waals surface area contributed by atoms with E-state index in [0.717, 1.165) is 19.3 Å². The first-order chi connectivity index (χ1) is 6.45. The lowest BCUT2D eigenvalue weighted by atomic mass is 9.78. The van der Waals surface area contributed by atoms with Crippen molar-refractivity contribution in [2.24, 2.45) is 11.8 Å². The van der Waals surface area contributed by atoms with Gasteiger partial charge in [-0.2, -0.15) is 13.2 Å². The Morgan fingerprint density at radius 2 is 2.00 bits per heavy atom. The van der Waals surface area contributed by atoms with Crippen LogP contribution in [0.15, 0.2) is 0 Å². The van der Waals surface area contributed by atoms with E-state index in [9.17, 15) is 18.0 Å². The number of alkyl halides is 3. The Morgan fingerprint density at radius 3 is 2.50 bits per heavy atom. The Labute approximate surface area is 81.7 Å². The summed E-state index contributed by atoms with van der Waals surface area (Å²) in [7, 11) is 0. The van der Waals surface area contributed by atoms with Crippen molar-refractivity contribution in [2.45, 2.75) is 45.2 Å². The number of carbonyl (C=O) groups is 1. The highest BCUT2D eigenvalue weighted by Crippen LogP contribution is 2.35. The second-order valence-electron chi connectivity index (χ2n) is 4.00. The fourth-order valence-corrected chi connectivity index (χ4v) is 2.13. The number of halogens is 3. The molecule has 2 unspecified atom stereocenters. The fraction of sp³-hybridized carbons (Fsp3) is 0.900. The maximum Gasteiger partial charge on any atom is 0.450 e. The monoisotopic (exact) mass is 208 g/mol. The van der Waals surface area contributed by atoms with Gasteiger partial charge >= 0.3 is 6.18 Å². The van der Waals surface area contributed by atoms with E-state index in [0.29, 0.717) is 18.8 Å². The molecular formula is C10H15F3O. The molecule has 1 nitrogen and oxygen atoms in total. The lowest BCUT2D eigenvalue weighted by Gasteiger charge is -2.27. The molecule has 0 amide bonds. The van der Waals surface area contributed by atoms with Gasteiger partial charge in [0.2, 0.25) is 5.78 Å². The van der Waals surface area contributed by atoms with E-state index in [1.807, 2.05) is 6.92 Å². The zero-order valence-electron chi connectivity index (χ0n) is 8.23. The van der Waals surface area contributed by atoms with Crippen LogP contribution >= 0.6 is 0 Å². The van der Waals surface area contributed by atoms with Crippen molar-refractivity contribution < 1.29 is 18.0 Å². The topological polar surface area (TPSA) is 17.1 Å². The molecular weight excluding hydrogens is 193 g/mol. The Morgan fingerprint density at radius 1 is 1.36 bits per heavy atom. The molecule has 0 aromatic heterocycles. The Balaban J connectivity index is 2.56. The summed E-state index contributed by atoms with van der Waals surface area (Å²) in [5, 5.41) is 0. The van der Waals surface area contributed by atoms with E-state index >= 15 is 0 Å². The molecule has 0 aromatic rings. The van der Waals surface area contributed by atoms with Gasteiger partial charge in [-0.3, -0.25) is 4.79 Å². The second kappa shape index (κ2) is 4.32. The standard InChI is InChI=1S/C10H15F3O/c1-2-7-4-3-5-8(6-7)9(14)10(11,12)13/h7-8H,2-6H2,1H3. The highest BCUT2D eigenvalue weighted by Gasteiger charge is 2.44. The van der Waals surface area contributed by atoms with E-state index in [1.54, 1.807) is 0 Å². The number of Topliss-reactive ketones (excluding diaryl/α,β-unsaturated/α-hetero) is 1. The molecule has 0 spiro atoms. The zero-order valence-corrected chi connectivity index (χ0v) is 8.23. The van der Waals surface area contributed by atoms with Gasteiger partial charge in [-0.25, -0.2) is 0 Å². The molecule has 0 N–H and O–H groups in total. The van der Waals surface area contributed by atoms with Gasteiger partial charge in [-0.05, 0) is 18.8 Å². The Bertz CT molecular complexity index is 210. The third kappa shape index (κ3) is 2.72. The smallest absolute Gasteiger partial charge is 0.289 e. The summed E-state index contributed by atoms with van der Waals surface area (Å²) in [6.07, 6.45) is -1.20. The molecule has 1 saturated carbocycles. The maximum absolute atomic E-state index is 12.1. The molecule has 0 radical (unpaired) electrons. The van der Waals surface area contributed by atoms with Gasteiger partial charge in [-0.1, -0.05) is 26.2 Å². The summed E-state index contributed by atoms with van der Waals surface area (Å²) in [4.78, 5) is 11.0. The molecule has 2 atom stereocenters. The summed E-state index contributed by atoms with van der Waals surface area (Å²) < 4.78 is 36.3. The summed E-state index contributed by atoms with van der Waals surface area (Å²) >= 11 is 0. The van der Waals surface area contributed by atoms with Crippen molar-refractivity contribution in [3.8, 4) is 0 Å². The molecule has 1 rings (SSSR count). The van der Waals surface area contributed by atoms with Crippen LogP contribution in [0.3, 0.4) is 0 Å². The van der Waals surface area contributed by atoms with Crippen LogP contribution in [0.25, 0.3) is 0 Å². The SMILES string of the molecule is CCC1CCCC(C(=O)C(F)(F)F)C1. The highest BCUT2D eigenvalue weighted by molar-refractivity contribution is 5.86. The molecule has 14 heavy (non-hydrogen) atoms. The fourth-order valence-electron chi connectivity index (χ4n) is 2.13. The Hall–Kier alpha value is -0.540. The average molecular weight is 208 g/mol. The molecule has 0 aromatic carbocycles. The molecule has 1 fully saturated rings. The summed E-state index contributed by atoms with van der Waals surface area (Å²) in [6.45, 7) is 1.96. The normalized spacial score (nSPS) is 28.9. The van der Waals surface area contributed by atoms with Crippen molar-refractivity contribution in [3.63, 3.8) is 0 Å². The first-order valence-electron chi connectivity index (χ1n) is 5.06. The third-order valence-electron chi connectivity index (χ3n) is 3.01. The minimum absolute atomic E-state index is 0.306. The number of carbonyl (C=O) groups excluding carboxylic acids is 1. The predicted molar refractivity (Wildman–Crippen MR) is 46.8 cm³/mol. The van der Waals surface area contributed by atoms with Gasteiger partial charge in [0.05, 0.1) is 0 Å². The Kier molecular flexibility index (Phi) is 3.56. The average Bonchev–Trinajstić information content (AvgIpc) is 2.15. The molecule has 4 heteroatoms. The first kappa shape index (κ1) is 11.5. The van der Waals surface area contributed by atoms with Crippen LogP contribution in [0, 0.1) is 11.8 Å². The molecule has 1 aliphatic rings. The van der Waals surface area contributed by atoms with Gasteiger partial charge in [0.25, 0.3) is 0 Å². The van der Waals surface area contributed by atoms with Gasteiger partial charge in [-0.15, -0.1) is 0 Å². The molecule has 0 bridgehead atoms. The van der Waals surface area contributed by atoms with Crippen molar-refractivity contribution in [2.75, 3.05) is 0 Å². The maximum atomic E-state index is 12.1. The second-order valence-corrected chi connectivity index (χ2v) is 4.00. The van der Waals surface area contributed by atoms with Crippen LogP contribution < -0.4 is 0 Å². The summed E-state index contributed by atoms with van der Waals surface area (Å²) in [5.74, 6) is -1.98. The molecule has 1 aliphatic carbocycles. The first-order valence-corrected chi connectivity index (χ1v) is 5.06. The van der Waals surface area contributed by atoms with E-state index in [-0.39, 0.29) is 0 Å². The third-order valence-corrected chi connectivity index (χ3v) is 3.01. The van der Waals surface area contributed by atoms with Crippen molar-refractivity contribution in [1.29, 1.82) is 0 Å².